The van der Waals surface area contributed by atoms with Crippen LogP contribution in [0.2, 0.25) is 0 Å². The highest BCUT2D eigenvalue weighted by Gasteiger charge is 2.57. The summed E-state index contributed by atoms with van der Waals surface area (Å²) in [5, 5.41) is 2.90. The van der Waals surface area contributed by atoms with Crippen molar-refractivity contribution in [2.75, 3.05) is 7.11 Å². The van der Waals surface area contributed by atoms with Gasteiger partial charge in [0.1, 0.15) is 12.0 Å². The van der Waals surface area contributed by atoms with Crippen molar-refractivity contribution < 1.29 is 23.9 Å². The molecule has 2 aliphatic carbocycles. The molecule has 0 aromatic heterocycles. The lowest BCUT2D eigenvalue weighted by Gasteiger charge is -2.40. The monoisotopic (exact) mass is 387 g/mol. The summed E-state index contributed by atoms with van der Waals surface area (Å²) >= 11 is 0. The maximum atomic E-state index is 12.8. The van der Waals surface area contributed by atoms with Crippen LogP contribution in [0.3, 0.4) is 0 Å². The van der Waals surface area contributed by atoms with E-state index in [2.05, 4.69) is 5.32 Å². The van der Waals surface area contributed by atoms with Crippen molar-refractivity contribution in [2.24, 2.45) is 11.3 Å². The summed E-state index contributed by atoms with van der Waals surface area (Å²) in [4.78, 5) is 38.2. The van der Waals surface area contributed by atoms with Crippen LogP contribution in [0.25, 0.3) is 0 Å². The predicted octanol–water partition coefficient (Wildman–Crippen LogP) is 3.77. The predicted molar refractivity (Wildman–Crippen MR) is 103 cm³/mol. The summed E-state index contributed by atoms with van der Waals surface area (Å²) in [6.07, 6.45) is 5.78. The Morgan fingerprint density at radius 2 is 1.86 bits per heavy atom. The first-order valence-electron chi connectivity index (χ1n) is 10.2. The van der Waals surface area contributed by atoms with Crippen LogP contribution in [-0.2, 0) is 25.7 Å². The maximum absolute atomic E-state index is 12.8. The van der Waals surface area contributed by atoms with E-state index < -0.39 is 23.5 Å². The number of benzene rings is 1. The SMILES string of the molecule is COC(=O)[C@]1([C@H](NC(=O)OCc2ccccc2)C2CCCCC2)CCCC1=O. The van der Waals surface area contributed by atoms with Gasteiger partial charge in [0.2, 0.25) is 0 Å². The zero-order valence-electron chi connectivity index (χ0n) is 16.4. The molecule has 1 amide bonds. The van der Waals surface area contributed by atoms with E-state index in [9.17, 15) is 14.4 Å². The lowest BCUT2D eigenvalue weighted by Crippen LogP contribution is -2.58. The lowest BCUT2D eigenvalue weighted by molar-refractivity contribution is -0.160. The van der Waals surface area contributed by atoms with E-state index in [1.165, 1.54) is 7.11 Å². The topological polar surface area (TPSA) is 81.7 Å². The maximum Gasteiger partial charge on any atom is 0.407 e. The van der Waals surface area contributed by atoms with Crippen LogP contribution in [-0.4, -0.2) is 31.0 Å². The van der Waals surface area contributed by atoms with Gasteiger partial charge in [0, 0.05) is 6.42 Å². The molecule has 0 unspecified atom stereocenters. The molecule has 6 nitrogen and oxygen atoms in total. The third-order valence-corrected chi connectivity index (χ3v) is 6.16. The molecule has 0 spiro atoms. The molecule has 2 fully saturated rings. The summed E-state index contributed by atoms with van der Waals surface area (Å²) < 4.78 is 10.4. The number of Topliss-reactive ketones (excluding diaryl/α,β-unsaturated/α-hetero) is 1. The summed E-state index contributed by atoms with van der Waals surface area (Å²) in [5.74, 6) is -0.591. The number of ketones is 1. The summed E-state index contributed by atoms with van der Waals surface area (Å²) in [6, 6.07) is 8.83. The first-order chi connectivity index (χ1) is 13.6. The van der Waals surface area contributed by atoms with Gasteiger partial charge in [-0.05, 0) is 37.2 Å². The average molecular weight is 387 g/mol. The van der Waals surface area contributed by atoms with Crippen LogP contribution in [0.5, 0.6) is 0 Å². The fourth-order valence-electron chi connectivity index (χ4n) is 4.75. The Bertz CT molecular complexity index is 698. The molecule has 0 heterocycles. The van der Waals surface area contributed by atoms with Crippen molar-refractivity contribution in [2.45, 2.75) is 64.0 Å². The quantitative estimate of drug-likeness (QED) is 0.593. The molecule has 1 aromatic carbocycles. The number of nitrogens with one attached hydrogen (secondary N) is 1. The van der Waals surface area contributed by atoms with E-state index in [0.29, 0.717) is 19.3 Å². The highest BCUT2D eigenvalue weighted by atomic mass is 16.5. The van der Waals surface area contributed by atoms with E-state index in [-0.39, 0.29) is 18.3 Å². The number of hydrogen-bond donors (Lipinski definition) is 1. The number of amides is 1. The largest absolute Gasteiger partial charge is 0.468 e. The number of alkyl carbamates (subject to hydrolysis) is 1. The molecule has 1 aromatic rings. The van der Waals surface area contributed by atoms with Crippen molar-refractivity contribution in [3.05, 3.63) is 35.9 Å². The number of hydrogen-bond acceptors (Lipinski definition) is 5. The molecular weight excluding hydrogens is 358 g/mol. The van der Waals surface area contributed by atoms with Crippen LogP contribution < -0.4 is 5.32 Å². The number of carbonyl (C=O) groups excluding carboxylic acids is 3. The van der Waals surface area contributed by atoms with Crippen molar-refractivity contribution in [1.29, 1.82) is 0 Å². The van der Waals surface area contributed by atoms with Crippen molar-refractivity contribution in [3.8, 4) is 0 Å². The molecule has 2 atom stereocenters. The van der Waals surface area contributed by atoms with Gasteiger partial charge in [-0.15, -0.1) is 0 Å². The average Bonchev–Trinajstić information content (AvgIpc) is 3.13. The second-order valence-corrected chi connectivity index (χ2v) is 7.82. The number of methoxy groups -OCH3 is 1. The van der Waals surface area contributed by atoms with Gasteiger partial charge >= 0.3 is 12.1 Å². The third-order valence-electron chi connectivity index (χ3n) is 6.16. The Morgan fingerprint density at radius 1 is 1.14 bits per heavy atom. The fourth-order valence-corrected chi connectivity index (χ4v) is 4.75. The molecule has 0 radical (unpaired) electrons. The highest BCUT2D eigenvalue weighted by molar-refractivity contribution is 6.06. The lowest BCUT2D eigenvalue weighted by atomic mass is 9.68. The summed E-state index contributed by atoms with van der Waals surface area (Å²) in [7, 11) is 1.31. The number of rotatable bonds is 6. The molecule has 28 heavy (non-hydrogen) atoms. The molecule has 2 aliphatic rings. The number of carbonyl (C=O) groups is 3. The van der Waals surface area contributed by atoms with Gasteiger partial charge < -0.3 is 14.8 Å². The normalized spacial score (nSPS) is 23.8. The molecule has 152 valence electrons. The van der Waals surface area contributed by atoms with Crippen molar-refractivity contribution in [1.82, 2.24) is 5.32 Å². The molecule has 6 heteroatoms. The van der Waals surface area contributed by atoms with Gasteiger partial charge in [0.15, 0.2) is 5.78 Å². The Kier molecular flexibility index (Phi) is 6.70. The minimum atomic E-state index is -1.29. The first kappa shape index (κ1) is 20.4. The van der Waals surface area contributed by atoms with Gasteiger partial charge in [0.05, 0.1) is 13.2 Å². The van der Waals surface area contributed by atoms with Gasteiger partial charge in [-0.1, -0.05) is 49.6 Å². The van der Waals surface area contributed by atoms with E-state index >= 15 is 0 Å². The van der Waals surface area contributed by atoms with Crippen LogP contribution in [0.15, 0.2) is 30.3 Å². The second-order valence-electron chi connectivity index (χ2n) is 7.82. The zero-order chi connectivity index (χ0) is 20.0. The van der Waals surface area contributed by atoms with Crippen LogP contribution in [0.1, 0.15) is 56.9 Å². The molecular formula is C22H29NO5. The van der Waals surface area contributed by atoms with Gasteiger partial charge in [0.25, 0.3) is 0 Å². The standard InChI is InChI=1S/C22H29NO5/c1-27-20(25)22(14-8-13-18(22)24)19(17-11-6-3-7-12-17)23-21(26)28-15-16-9-4-2-5-10-16/h2,4-5,9-10,17,19H,3,6-8,11-15H2,1H3,(H,23,26)/t19-,22-/m1/s1. The molecule has 0 saturated heterocycles. The van der Waals surface area contributed by atoms with Crippen LogP contribution in [0.4, 0.5) is 4.79 Å². The van der Waals surface area contributed by atoms with Crippen LogP contribution >= 0.6 is 0 Å². The fraction of sp³-hybridized carbons (Fsp3) is 0.591. The Hall–Kier alpha value is -2.37. The first-order valence-corrected chi connectivity index (χ1v) is 10.2. The van der Waals surface area contributed by atoms with Crippen molar-refractivity contribution in [3.63, 3.8) is 0 Å². The van der Waals surface area contributed by atoms with E-state index in [0.717, 1.165) is 37.7 Å². The Labute approximate surface area is 166 Å². The van der Waals surface area contributed by atoms with Crippen molar-refractivity contribution >= 4 is 17.8 Å². The molecule has 3 rings (SSSR count). The molecule has 2 saturated carbocycles. The summed E-state index contributed by atoms with van der Waals surface area (Å²) in [6.45, 7) is 0.142. The highest BCUT2D eigenvalue weighted by Crippen LogP contribution is 2.45. The third kappa shape index (κ3) is 4.21. The van der Waals surface area contributed by atoms with Gasteiger partial charge in [-0.3, -0.25) is 9.59 Å². The molecule has 1 N–H and O–H groups in total. The Morgan fingerprint density at radius 3 is 2.46 bits per heavy atom. The smallest absolute Gasteiger partial charge is 0.407 e. The molecule has 0 bridgehead atoms. The molecule has 0 aliphatic heterocycles. The summed E-state index contributed by atoms with van der Waals surface area (Å²) in [5.41, 5.74) is -0.408. The van der Waals surface area contributed by atoms with E-state index in [4.69, 9.17) is 9.47 Å². The zero-order valence-corrected chi connectivity index (χ0v) is 16.4. The minimum absolute atomic E-state index is 0.0687. The van der Waals surface area contributed by atoms with E-state index in [1.807, 2.05) is 30.3 Å². The number of esters is 1. The second kappa shape index (κ2) is 9.22. The number of ether oxygens (including phenoxy) is 2. The van der Waals surface area contributed by atoms with Gasteiger partial charge in [-0.25, -0.2) is 4.79 Å². The Balaban J connectivity index is 1.79. The minimum Gasteiger partial charge on any atom is -0.468 e. The van der Waals surface area contributed by atoms with Crippen LogP contribution in [0, 0.1) is 11.3 Å². The van der Waals surface area contributed by atoms with E-state index in [1.54, 1.807) is 0 Å². The van der Waals surface area contributed by atoms with Gasteiger partial charge in [-0.2, -0.15) is 0 Å².